The van der Waals surface area contributed by atoms with Crippen LogP contribution in [0.5, 0.6) is 5.75 Å². The number of nitrogens with zero attached hydrogens (tertiary/aromatic N) is 3. The highest BCUT2D eigenvalue weighted by molar-refractivity contribution is 7.18. The number of aromatic nitrogens is 2. The van der Waals surface area contributed by atoms with Gasteiger partial charge in [-0.05, 0) is 40.8 Å². The predicted octanol–water partition coefficient (Wildman–Crippen LogP) is 4.46. The largest absolute Gasteiger partial charge is 0.496 e. The van der Waals surface area contributed by atoms with Crippen LogP contribution in [0.15, 0.2) is 48.7 Å². The second-order valence-electron chi connectivity index (χ2n) is 5.50. The molecule has 0 atom stereocenters. The molecule has 0 spiro atoms. The molecule has 3 rings (SSSR count). The third-order valence-electron chi connectivity index (χ3n) is 3.69. The zero-order chi connectivity index (χ0) is 19.4. The highest BCUT2D eigenvalue weighted by Crippen LogP contribution is 2.24. The molecule has 0 amide bonds. The number of hydrogen-bond acceptors (Lipinski definition) is 6. The summed E-state index contributed by atoms with van der Waals surface area (Å²) in [6, 6.07) is 10.1. The van der Waals surface area contributed by atoms with Crippen LogP contribution in [0.3, 0.4) is 0 Å². The monoisotopic (exact) mass is 403 g/mol. The van der Waals surface area contributed by atoms with Crippen molar-refractivity contribution in [2.75, 3.05) is 7.11 Å². The highest BCUT2D eigenvalue weighted by atomic mass is 35.5. The van der Waals surface area contributed by atoms with E-state index < -0.39 is 4.92 Å². The smallest absolute Gasteiger partial charge is 0.389 e. The van der Waals surface area contributed by atoms with E-state index in [2.05, 4.69) is 5.10 Å². The number of nitro groups is 1. The third kappa shape index (κ3) is 4.60. The Morgan fingerprint density at radius 1 is 1.37 bits per heavy atom. The van der Waals surface area contributed by atoms with Crippen LogP contribution in [0, 0.1) is 10.1 Å². The van der Waals surface area contributed by atoms with Crippen LogP contribution in [0.4, 0.5) is 5.82 Å². The molecule has 1 aromatic carbocycles. The molecule has 3 aromatic rings. The Balaban J connectivity index is 1.81. The number of allylic oxidation sites excluding steroid dienone is 1. The van der Waals surface area contributed by atoms with Crippen molar-refractivity contribution in [1.29, 1.82) is 0 Å². The van der Waals surface area contributed by atoms with Crippen LogP contribution >= 0.6 is 22.9 Å². The first-order chi connectivity index (χ1) is 13.0. The molecule has 0 aliphatic carbocycles. The topological polar surface area (TPSA) is 87.3 Å². The van der Waals surface area contributed by atoms with Crippen LogP contribution in [0.2, 0.25) is 4.34 Å². The Hall–Kier alpha value is -2.97. The summed E-state index contributed by atoms with van der Waals surface area (Å²) in [5.41, 5.74) is 1.58. The van der Waals surface area contributed by atoms with Crippen molar-refractivity contribution in [3.63, 3.8) is 0 Å². The summed E-state index contributed by atoms with van der Waals surface area (Å²) in [5, 5.41) is 14.7. The van der Waals surface area contributed by atoms with Gasteiger partial charge >= 0.3 is 5.82 Å². The number of hydrogen-bond donors (Lipinski definition) is 0. The van der Waals surface area contributed by atoms with Gasteiger partial charge in [-0.3, -0.25) is 4.79 Å². The lowest BCUT2D eigenvalue weighted by molar-refractivity contribution is -0.389. The molecule has 0 radical (unpaired) electrons. The van der Waals surface area contributed by atoms with E-state index in [1.807, 2.05) is 12.1 Å². The summed E-state index contributed by atoms with van der Waals surface area (Å²) in [7, 11) is 1.55. The number of carbonyl (C=O) groups excluding carboxylic acids is 1. The van der Waals surface area contributed by atoms with Crippen LogP contribution in [0.25, 0.3) is 6.08 Å². The van der Waals surface area contributed by atoms with Crippen molar-refractivity contribution < 1.29 is 14.5 Å². The number of carbonyl (C=O) groups is 1. The van der Waals surface area contributed by atoms with Crippen LogP contribution in [-0.2, 0) is 6.54 Å². The van der Waals surface area contributed by atoms with E-state index in [1.165, 1.54) is 34.4 Å². The summed E-state index contributed by atoms with van der Waals surface area (Å²) in [5.74, 6) is 0.277. The third-order valence-corrected chi connectivity index (χ3v) is 4.94. The van der Waals surface area contributed by atoms with E-state index in [0.717, 1.165) is 11.1 Å². The van der Waals surface area contributed by atoms with Crippen molar-refractivity contribution >= 4 is 40.6 Å². The Morgan fingerprint density at radius 2 is 2.19 bits per heavy atom. The van der Waals surface area contributed by atoms with Crippen LogP contribution in [-0.4, -0.2) is 27.6 Å². The molecule has 0 saturated carbocycles. The van der Waals surface area contributed by atoms with E-state index in [9.17, 15) is 14.9 Å². The Morgan fingerprint density at radius 3 is 2.81 bits per heavy atom. The number of rotatable bonds is 7. The zero-order valence-electron chi connectivity index (χ0n) is 14.2. The lowest BCUT2D eigenvalue weighted by atomic mass is 10.1. The summed E-state index contributed by atoms with van der Waals surface area (Å²) >= 11 is 7.08. The molecule has 2 aromatic heterocycles. The van der Waals surface area contributed by atoms with Gasteiger partial charge in [0.05, 0.1) is 40.2 Å². The number of benzene rings is 1. The van der Waals surface area contributed by atoms with Gasteiger partial charge in [-0.15, -0.1) is 11.3 Å². The summed E-state index contributed by atoms with van der Waals surface area (Å²) < 4.78 is 7.37. The normalized spacial score (nSPS) is 11.0. The van der Waals surface area contributed by atoms with Gasteiger partial charge in [0.25, 0.3) is 0 Å². The minimum absolute atomic E-state index is 0.132. The summed E-state index contributed by atoms with van der Waals surface area (Å²) in [6.07, 6.45) is 4.71. The molecule has 9 heteroatoms. The first-order valence-corrected chi connectivity index (χ1v) is 8.98. The lowest BCUT2D eigenvalue weighted by Gasteiger charge is -2.08. The minimum atomic E-state index is -0.546. The van der Waals surface area contributed by atoms with Crippen molar-refractivity contribution in [1.82, 2.24) is 9.78 Å². The van der Waals surface area contributed by atoms with Gasteiger partial charge in [-0.2, -0.15) is 4.68 Å². The molecule has 138 valence electrons. The molecule has 7 nitrogen and oxygen atoms in total. The van der Waals surface area contributed by atoms with Gasteiger partial charge in [0.2, 0.25) is 0 Å². The minimum Gasteiger partial charge on any atom is -0.496 e. The Labute approximate surface area is 163 Å². The molecule has 0 fully saturated rings. The maximum Gasteiger partial charge on any atom is 0.389 e. The molecule has 0 unspecified atom stereocenters. The fourth-order valence-corrected chi connectivity index (χ4v) is 3.40. The Kier molecular flexibility index (Phi) is 5.68. The van der Waals surface area contributed by atoms with E-state index >= 15 is 0 Å². The van der Waals surface area contributed by atoms with Crippen molar-refractivity contribution in [3.8, 4) is 5.75 Å². The molecular weight excluding hydrogens is 390 g/mol. The molecule has 27 heavy (non-hydrogen) atoms. The van der Waals surface area contributed by atoms with Gasteiger partial charge in [0, 0.05) is 5.56 Å². The van der Waals surface area contributed by atoms with E-state index in [1.54, 1.807) is 31.4 Å². The van der Waals surface area contributed by atoms with Gasteiger partial charge in [0.15, 0.2) is 5.78 Å². The second-order valence-corrected chi connectivity index (χ2v) is 7.22. The van der Waals surface area contributed by atoms with Crippen molar-refractivity contribution in [2.24, 2.45) is 0 Å². The lowest BCUT2D eigenvalue weighted by Crippen LogP contribution is -2.03. The number of ether oxygens (including phenoxy) is 1. The number of methoxy groups -OCH3 is 1. The number of ketones is 1. The molecule has 0 bridgehead atoms. The number of thiophene rings is 1. The quantitative estimate of drug-likeness (QED) is 0.251. The van der Waals surface area contributed by atoms with E-state index in [-0.39, 0.29) is 11.6 Å². The predicted molar refractivity (Wildman–Crippen MR) is 104 cm³/mol. The highest BCUT2D eigenvalue weighted by Gasteiger charge is 2.13. The maximum atomic E-state index is 12.2. The fourth-order valence-electron chi connectivity index (χ4n) is 2.44. The Bertz CT molecular complexity index is 1030. The first kappa shape index (κ1) is 18.8. The van der Waals surface area contributed by atoms with Gasteiger partial charge in [0.1, 0.15) is 5.75 Å². The van der Waals surface area contributed by atoms with Gasteiger partial charge in [-0.25, -0.2) is 0 Å². The molecule has 0 N–H and O–H groups in total. The van der Waals surface area contributed by atoms with Crippen molar-refractivity contribution in [2.45, 2.75) is 6.54 Å². The molecule has 0 aliphatic heterocycles. The SMILES string of the molecule is COc1ccc(/C=C/C(=O)c2ccc(Cl)s2)cc1Cn1ccc([N+](=O)[O-])n1. The zero-order valence-corrected chi connectivity index (χ0v) is 15.7. The molecule has 0 aliphatic rings. The second kappa shape index (κ2) is 8.15. The van der Waals surface area contributed by atoms with Gasteiger partial charge < -0.3 is 14.9 Å². The molecule has 0 saturated heterocycles. The average molecular weight is 404 g/mol. The summed E-state index contributed by atoms with van der Waals surface area (Å²) in [6.45, 7) is 0.299. The fraction of sp³-hybridized carbons (Fsp3) is 0.111. The van der Waals surface area contributed by atoms with Crippen LogP contribution < -0.4 is 4.74 Å². The van der Waals surface area contributed by atoms with Gasteiger partial charge in [-0.1, -0.05) is 23.7 Å². The average Bonchev–Trinajstić information content (AvgIpc) is 3.29. The van der Waals surface area contributed by atoms with E-state index in [0.29, 0.717) is 21.5 Å². The van der Waals surface area contributed by atoms with Crippen LogP contribution in [0.1, 0.15) is 20.8 Å². The first-order valence-electron chi connectivity index (χ1n) is 7.79. The molecule has 2 heterocycles. The number of halogens is 1. The maximum absolute atomic E-state index is 12.2. The summed E-state index contributed by atoms with van der Waals surface area (Å²) in [4.78, 5) is 22.9. The standard InChI is InChI=1S/C18H14ClN3O4S/c1-26-15-5-3-12(2-4-14(23)16-6-7-17(19)27-16)10-13(15)11-21-9-8-18(20-21)22(24)25/h2-10H,11H2,1H3/b4-2+. The van der Waals surface area contributed by atoms with Crippen molar-refractivity contribution in [3.05, 3.63) is 79.1 Å². The molecular formula is C18H14ClN3O4S. The van der Waals surface area contributed by atoms with E-state index in [4.69, 9.17) is 16.3 Å².